The number of carbonyl (C=O) groups excluding carboxylic acids is 2. The average molecular weight is 476 g/mol. The van der Waals surface area contributed by atoms with Gasteiger partial charge in [-0.15, -0.1) is 0 Å². The second-order valence-corrected chi connectivity index (χ2v) is 9.78. The second kappa shape index (κ2) is 12.0. The number of pyridine rings is 1. The van der Waals surface area contributed by atoms with Gasteiger partial charge in [-0.05, 0) is 80.7 Å². The van der Waals surface area contributed by atoms with E-state index in [1.54, 1.807) is 25.6 Å². The summed E-state index contributed by atoms with van der Waals surface area (Å²) in [6.07, 6.45) is 13.3. The first-order chi connectivity index (χ1) is 17.0. The number of likely N-dealkylation sites (tertiary alicyclic amines) is 1. The molecule has 35 heavy (non-hydrogen) atoms. The molecule has 1 unspecified atom stereocenters. The lowest BCUT2D eigenvalue weighted by atomic mass is 9.84. The van der Waals surface area contributed by atoms with Gasteiger partial charge in [-0.1, -0.05) is 23.8 Å². The predicted molar refractivity (Wildman–Crippen MR) is 137 cm³/mol. The minimum Gasteiger partial charge on any atom is -0.497 e. The molecule has 1 saturated heterocycles. The Morgan fingerprint density at radius 2 is 2.00 bits per heavy atom. The van der Waals surface area contributed by atoms with Crippen molar-refractivity contribution in [2.45, 2.75) is 57.4 Å². The van der Waals surface area contributed by atoms with Crippen LogP contribution in [-0.2, 0) is 11.2 Å². The number of methoxy groups -OCH3 is 1. The fraction of sp³-hybridized carbons (Fsp3) is 0.483. The average Bonchev–Trinajstić information content (AvgIpc) is 2.92. The first kappa shape index (κ1) is 25.0. The summed E-state index contributed by atoms with van der Waals surface area (Å²) < 4.78 is 5.42. The Bertz CT molecular complexity index is 1030. The second-order valence-electron chi connectivity index (χ2n) is 9.78. The van der Waals surface area contributed by atoms with Crippen molar-refractivity contribution in [3.05, 3.63) is 71.6 Å². The van der Waals surface area contributed by atoms with Crippen molar-refractivity contribution in [3.8, 4) is 5.75 Å². The third-order valence-corrected chi connectivity index (χ3v) is 7.51. The molecule has 1 aromatic carbocycles. The summed E-state index contributed by atoms with van der Waals surface area (Å²) >= 11 is 0. The van der Waals surface area contributed by atoms with E-state index in [2.05, 4.69) is 17.1 Å². The van der Waals surface area contributed by atoms with Crippen molar-refractivity contribution in [1.82, 2.24) is 14.8 Å². The number of ether oxygens (including phenoxy) is 1. The molecule has 6 nitrogen and oxygen atoms in total. The van der Waals surface area contributed by atoms with E-state index >= 15 is 0 Å². The van der Waals surface area contributed by atoms with Gasteiger partial charge >= 0.3 is 0 Å². The quantitative estimate of drug-likeness (QED) is 0.510. The van der Waals surface area contributed by atoms with Crippen molar-refractivity contribution >= 4 is 11.8 Å². The molecule has 1 aromatic heterocycles. The smallest absolute Gasteiger partial charge is 0.255 e. The van der Waals surface area contributed by atoms with Gasteiger partial charge in [0.15, 0.2) is 0 Å². The molecule has 2 amide bonds. The number of carbonyl (C=O) groups is 2. The van der Waals surface area contributed by atoms with E-state index in [0.717, 1.165) is 56.5 Å². The number of amides is 2. The molecule has 0 N–H and O–H groups in total. The SMILES string of the molecule is COc1cccc(CC(C2CCN(C(=O)CC3=CCCCC3)CC2)N(C)C(=O)c2cccnc2)c1. The Morgan fingerprint density at radius 1 is 1.17 bits per heavy atom. The van der Waals surface area contributed by atoms with Gasteiger partial charge in [0, 0.05) is 45.0 Å². The number of benzene rings is 1. The van der Waals surface area contributed by atoms with Crippen molar-refractivity contribution < 1.29 is 14.3 Å². The fourth-order valence-electron chi connectivity index (χ4n) is 5.41. The molecule has 0 radical (unpaired) electrons. The number of rotatable bonds is 8. The summed E-state index contributed by atoms with van der Waals surface area (Å²) in [7, 11) is 3.57. The Morgan fingerprint density at radius 3 is 2.69 bits per heavy atom. The van der Waals surface area contributed by atoms with Gasteiger partial charge in [-0.3, -0.25) is 14.6 Å². The molecule has 4 rings (SSSR count). The molecule has 0 saturated carbocycles. The lowest BCUT2D eigenvalue weighted by Crippen LogP contribution is -2.48. The van der Waals surface area contributed by atoms with Gasteiger partial charge in [0.25, 0.3) is 5.91 Å². The van der Waals surface area contributed by atoms with Crippen molar-refractivity contribution in [1.29, 1.82) is 0 Å². The van der Waals surface area contributed by atoms with Gasteiger partial charge in [0.2, 0.25) is 5.91 Å². The third-order valence-electron chi connectivity index (χ3n) is 7.51. The van der Waals surface area contributed by atoms with Crippen LogP contribution in [0.2, 0.25) is 0 Å². The molecule has 186 valence electrons. The number of likely N-dealkylation sites (N-methyl/N-ethyl adjacent to an activating group) is 1. The molecule has 1 aliphatic carbocycles. The molecule has 2 heterocycles. The Kier molecular flexibility index (Phi) is 8.56. The van der Waals surface area contributed by atoms with Crippen LogP contribution < -0.4 is 4.74 Å². The standard InChI is InChI=1S/C29H37N3O3/c1-31(29(34)25-11-7-15-30-21-25)27(19-23-10-6-12-26(18-23)35-2)24-13-16-32(17-14-24)28(33)20-22-8-4-3-5-9-22/h6-8,10-12,15,18,21,24,27H,3-5,9,13-14,16-17,19-20H2,1-2H3. The summed E-state index contributed by atoms with van der Waals surface area (Å²) in [6.45, 7) is 1.50. The molecular formula is C29H37N3O3. The van der Waals surface area contributed by atoms with Gasteiger partial charge < -0.3 is 14.5 Å². The fourth-order valence-corrected chi connectivity index (χ4v) is 5.41. The summed E-state index contributed by atoms with van der Waals surface area (Å²) in [6, 6.07) is 11.7. The Balaban J connectivity index is 1.46. The van der Waals surface area contributed by atoms with Crippen LogP contribution in [0.15, 0.2) is 60.4 Å². The van der Waals surface area contributed by atoms with Crippen LogP contribution in [-0.4, -0.2) is 59.9 Å². The first-order valence-corrected chi connectivity index (χ1v) is 12.8. The summed E-state index contributed by atoms with van der Waals surface area (Å²) in [5.74, 6) is 1.36. The monoisotopic (exact) mass is 475 g/mol. The molecule has 2 aromatic rings. The highest BCUT2D eigenvalue weighted by molar-refractivity contribution is 5.94. The highest BCUT2D eigenvalue weighted by Gasteiger charge is 2.33. The van der Waals surface area contributed by atoms with E-state index in [0.29, 0.717) is 17.9 Å². The lowest BCUT2D eigenvalue weighted by molar-refractivity contribution is -0.132. The number of piperidine rings is 1. The van der Waals surface area contributed by atoms with E-state index in [-0.39, 0.29) is 17.9 Å². The summed E-state index contributed by atoms with van der Waals surface area (Å²) in [5.41, 5.74) is 3.04. The van der Waals surface area contributed by atoms with Gasteiger partial charge in [0.1, 0.15) is 5.75 Å². The molecule has 0 bridgehead atoms. The molecule has 1 fully saturated rings. The van der Waals surface area contributed by atoms with Crippen LogP contribution in [0.3, 0.4) is 0 Å². The maximum Gasteiger partial charge on any atom is 0.255 e. The minimum atomic E-state index is -0.0197. The molecule has 0 spiro atoms. The zero-order chi connectivity index (χ0) is 24.6. The van der Waals surface area contributed by atoms with E-state index in [1.807, 2.05) is 41.1 Å². The van der Waals surface area contributed by atoms with Gasteiger partial charge in [-0.2, -0.15) is 0 Å². The van der Waals surface area contributed by atoms with Crippen LogP contribution >= 0.6 is 0 Å². The van der Waals surface area contributed by atoms with E-state index < -0.39 is 0 Å². The topological polar surface area (TPSA) is 62.7 Å². The molecule has 1 aliphatic heterocycles. The van der Waals surface area contributed by atoms with E-state index in [4.69, 9.17) is 4.74 Å². The maximum atomic E-state index is 13.3. The molecular weight excluding hydrogens is 438 g/mol. The van der Waals surface area contributed by atoms with Crippen LogP contribution in [0.25, 0.3) is 0 Å². The molecule has 6 heteroatoms. The van der Waals surface area contributed by atoms with Crippen molar-refractivity contribution in [2.75, 3.05) is 27.2 Å². The Hall–Kier alpha value is -3.15. The van der Waals surface area contributed by atoms with Crippen molar-refractivity contribution in [3.63, 3.8) is 0 Å². The largest absolute Gasteiger partial charge is 0.497 e. The normalized spacial score (nSPS) is 17.4. The van der Waals surface area contributed by atoms with Crippen LogP contribution in [0.5, 0.6) is 5.75 Å². The molecule has 1 atom stereocenters. The Labute approximate surface area is 209 Å². The minimum absolute atomic E-state index is 0.0197. The highest BCUT2D eigenvalue weighted by atomic mass is 16.5. The number of aromatic nitrogens is 1. The van der Waals surface area contributed by atoms with Gasteiger partial charge in [-0.25, -0.2) is 0 Å². The third kappa shape index (κ3) is 6.50. The lowest BCUT2D eigenvalue weighted by Gasteiger charge is -2.40. The van der Waals surface area contributed by atoms with Gasteiger partial charge in [0.05, 0.1) is 12.7 Å². The number of nitrogens with zero attached hydrogens (tertiary/aromatic N) is 3. The van der Waals surface area contributed by atoms with Crippen LogP contribution in [0, 0.1) is 5.92 Å². The number of hydrogen-bond acceptors (Lipinski definition) is 4. The highest BCUT2D eigenvalue weighted by Crippen LogP contribution is 2.29. The van der Waals surface area contributed by atoms with Crippen molar-refractivity contribution in [2.24, 2.45) is 5.92 Å². The van der Waals surface area contributed by atoms with E-state index in [1.165, 1.54) is 18.4 Å². The zero-order valence-corrected chi connectivity index (χ0v) is 21.0. The van der Waals surface area contributed by atoms with Crippen LogP contribution in [0.4, 0.5) is 0 Å². The summed E-state index contributed by atoms with van der Waals surface area (Å²) in [4.78, 5) is 34.3. The van der Waals surface area contributed by atoms with Crippen LogP contribution in [0.1, 0.15) is 60.9 Å². The number of allylic oxidation sites excluding steroid dienone is 1. The zero-order valence-electron chi connectivity index (χ0n) is 21.0. The molecule has 2 aliphatic rings. The maximum absolute atomic E-state index is 13.3. The number of hydrogen-bond donors (Lipinski definition) is 0. The summed E-state index contributed by atoms with van der Waals surface area (Å²) in [5, 5.41) is 0. The first-order valence-electron chi connectivity index (χ1n) is 12.8. The predicted octanol–water partition coefficient (Wildman–Crippen LogP) is 4.90. The van der Waals surface area contributed by atoms with E-state index in [9.17, 15) is 9.59 Å².